The molecule has 2 aromatic heterocycles. The van der Waals surface area contributed by atoms with Crippen LogP contribution in [0.1, 0.15) is 22.5 Å². The van der Waals surface area contributed by atoms with Crippen molar-refractivity contribution < 1.29 is 9.59 Å². The maximum absolute atomic E-state index is 11.7. The number of aryl methyl sites for hydroxylation is 4. The topological polar surface area (TPSA) is 188 Å². The summed E-state index contributed by atoms with van der Waals surface area (Å²) in [5.74, 6) is 0.287. The van der Waals surface area contributed by atoms with Crippen LogP contribution in [0.15, 0.2) is 75.2 Å². The van der Waals surface area contributed by atoms with Crippen molar-refractivity contribution in [3.8, 4) is 0 Å². The Morgan fingerprint density at radius 2 is 1.34 bits per heavy atom. The lowest BCUT2D eigenvalue weighted by Crippen LogP contribution is -2.23. The fourth-order valence-corrected chi connectivity index (χ4v) is 2.82. The van der Waals surface area contributed by atoms with Gasteiger partial charge in [-0.2, -0.15) is 4.99 Å². The van der Waals surface area contributed by atoms with Crippen molar-refractivity contribution in [2.45, 2.75) is 27.7 Å². The summed E-state index contributed by atoms with van der Waals surface area (Å²) in [5.41, 5.74) is 9.43. The molecule has 0 bridgehead atoms. The first-order valence-corrected chi connectivity index (χ1v) is 11.2. The zero-order chi connectivity index (χ0) is 28.1. The number of urea groups is 1. The molecular formula is C26H28N8O4. The molecule has 6 N–H and O–H groups in total. The Bertz CT molecular complexity index is 1500. The molecule has 4 aromatic rings. The Morgan fingerprint density at radius 3 is 1.84 bits per heavy atom. The highest BCUT2D eigenvalue weighted by Crippen LogP contribution is 2.11. The van der Waals surface area contributed by atoms with E-state index in [0.29, 0.717) is 22.8 Å². The number of anilines is 3. The number of hydrogen-bond donors (Lipinski definition) is 5. The monoisotopic (exact) mass is 516 g/mol. The highest BCUT2D eigenvalue weighted by Gasteiger charge is 2.05. The standard InChI is InChI=1S/C13H14N4O2.C8H7NO.C5H7N3O/c1-8-3-5-10(6-4-8)15-13(19)17-12-14-9(2)7-11(18)16-12;1-7-2-4-8(5-3-7)9-6-10;1-3-2-4(9)8-5(6)7-3/h3-7H,1-2H3,(H3,14,15,16,17,18,19);2-5H,1H3;2H,1H3,(H3,6,7,8,9). The average Bonchev–Trinajstić information content (AvgIpc) is 2.81. The van der Waals surface area contributed by atoms with Crippen molar-refractivity contribution in [3.05, 3.63) is 104 Å². The van der Waals surface area contributed by atoms with Gasteiger partial charge in [0.15, 0.2) is 0 Å². The van der Waals surface area contributed by atoms with E-state index in [2.05, 4.69) is 35.6 Å². The largest absolute Gasteiger partial charge is 0.369 e. The minimum absolute atomic E-state index is 0.120. The Hall–Kier alpha value is -5.35. The lowest BCUT2D eigenvalue weighted by Gasteiger charge is -2.07. The van der Waals surface area contributed by atoms with Gasteiger partial charge in [0.25, 0.3) is 11.1 Å². The lowest BCUT2D eigenvalue weighted by atomic mass is 10.2. The molecule has 0 unspecified atom stereocenters. The summed E-state index contributed by atoms with van der Waals surface area (Å²) in [7, 11) is 0. The summed E-state index contributed by atoms with van der Waals surface area (Å²) in [4.78, 5) is 59.2. The zero-order valence-corrected chi connectivity index (χ0v) is 21.3. The van der Waals surface area contributed by atoms with Crippen LogP contribution in [0.4, 0.5) is 28.1 Å². The van der Waals surface area contributed by atoms with Crippen LogP contribution in [0, 0.1) is 27.7 Å². The molecule has 12 nitrogen and oxygen atoms in total. The lowest BCUT2D eigenvalue weighted by molar-refractivity contribution is 0.262. The molecule has 38 heavy (non-hydrogen) atoms. The summed E-state index contributed by atoms with van der Waals surface area (Å²) in [5, 5.41) is 5.11. The highest BCUT2D eigenvalue weighted by atomic mass is 16.2. The van der Waals surface area contributed by atoms with Gasteiger partial charge in [0.05, 0.1) is 5.69 Å². The Balaban J connectivity index is 0.000000224. The summed E-state index contributed by atoms with van der Waals surface area (Å²) >= 11 is 0. The SMILES string of the molecule is Cc1cc(=O)[nH]c(N)n1.Cc1ccc(N=C=O)cc1.Cc1ccc(NC(=O)Nc2nc(C)cc(=O)[nH]2)cc1. The maximum atomic E-state index is 11.7. The number of carbonyl (C=O) groups excluding carboxylic acids is 2. The van der Waals surface area contributed by atoms with Gasteiger partial charge in [0, 0.05) is 29.2 Å². The van der Waals surface area contributed by atoms with E-state index in [-0.39, 0.29) is 23.0 Å². The summed E-state index contributed by atoms with van der Waals surface area (Å²) in [6, 6.07) is 17.0. The second-order valence-electron chi connectivity index (χ2n) is 7.99. The number of aliphatic imine (C=N–C) groups is 1. The Labute approximate surface area is 218 Å². The predicted molar refractivity (Wildman–Crippen MR) is 146 cm³/mol. The highest BCUT2D eigenvalue weighted by molar-refractivity contribution is 5.98. The first kappa shape index (κ1) is 28.9. The number of nitrogens with two attached hydrogens (primary N) is 1. The minimum atomic E-state index is -0.461. The average molecular weight is 517 g/mol. The molecular weight excluding hydrogens is 488 g/mol. The fraction of sp³-hybridized carbons (Fsp3) is 0.154. The van der Waals surface area contributed by atoms with Crippen molar-refractivity contribution in [3.63, 3.8) is 0 Å². The normalized spacial score (nSPS) is 9.47. The number of amides is 2. The molecule has 12 heteroatoms. The van der Waals surface area contributed by atoms with Gasteiger partial charge >= 0.3 is 6.03 Å². The van der Waals surface area contributed by atoms with E-state index in [4.69, 9.17) is 5.73 Å². The number of rotatable bonds is 3. The molecule has 0 saturated carbocycles. The molecule has 2 amide bonds. The molecule has 0 aliphatic heterocycles. The van der Waals surface area contributed by atoms with Crippen LogP contribution in [-0.2, 0) is 4.79 Å². The third kappa shape index (κ3) is 10.9. The van der Waals surface area contributed by atoms with Crippen molar-refractivity contribution >= 4 is 35.4 Å². The van der Waals surface area contributed by atoms with Crippen LogP contribution in [0.3, 0.4) is 0 Å². The van der Waals surface area contributed by atoms with Crippen LogP contribution in [0.25, 0.3) is 0 Å². The van der Waals surface area contributed by atoms with Gasteiger partial charge in [-0.3, -0.25) is 24.9 Å². The van der Waals surface area contributed by atoms with Gasteiger partial charge in [0.2, 0.25) is 18.0 Å². The number of benzene rings is 2. The van der Waals surface area contributed by atoms with Gasteiger partial charge in [-0.25, -0.2) is 19.6 Å². The molecule has 0 aliphatic carbocycles. The van der Waals surface area contributed by atoms with E-state index in [1.54, 1.807) is 38.1 Å². The van der Waals surface area contributed by atoms with Crippen LogP contribution in [0.5, 0.6) is 0 Å². The van der Waals surface area contributed by atoms with E-state index in [1.807, 2.05) is 38.1 Å². The molecule has 196 valence electrons. The number of carbonyl (C=O) groups is 1. The number of H-pyrrole nitrogens is 2. The van der Waals surface area contributed by atoms with E-state index < -0.39 is 6.03 Å². The maximum Gasteiger partial charge on any atom is 0.326 e. The zero-order valence-electron chi connectivity index (χ0n) is 21.3. The van der Waals surface area contributed by atoms with Crippen LogP contribution < -0.4 is 27.5 Å². The Morgan fingerprint density at radius 1 is 0.816 bits per heavy atom. The van der Waals surface area contributed by atoms with Crippen molar-refractivity contribution in [1.82, 2.24) is 19.9 Å². The van der Waals surface area contributed by atoms with Gasteiger partial charge in [0.1, 0.15) is 0 Å². The van der Waals surface area contributed by atoms with Gasteiger partial charge in [-0.1, -0.05) is 35.4 Å². The number of aromatic nitrogens is 4. The number of hydrogen-bond acceptors (Lipinski definition) is 8. The molecule has 0 aliphatic rings. The number of nitrogens with zero attached hydrogens (tertiary/aromatic N) is 3. The molecule has 2 heterocycles. The third-order valence-electron chi connectivity index (χ3n) is 4.51. The van der Waals surface area contributed by atoms with E-state index in [1.165, 1.54) is 18.2 Å². The van der Waals surface area contributed by atoms with Crippen LogP contribution in [0.2, 0.25) is 0 Å². The van der Waals surface area contributed by atoms with E-state index in [9.17, 15) is 19.2 Å². The smallest absolute Gasteiger partial charge is 0.326 e. The summed E-state index contributed by atoms with van der Waals surface area (Å²) in [6.07, 6.45) is 1.48. The molecule has 0 spiro atoms. The van der Waals surface area contributed by atoms with Crippen LogP contribution >= 0.6 is 0 Å². The molecule has 0 saturated heterocycles. The fourth-order valence-electron chi connectivity index (χ4n) is 2.82. The molecule has 0 atom stereocenters. The first-order valence-electron chi connectivity index (χ1n) is 11.2. The van der Waals surface area contributed by atoms with Gasteiger partial charge in [-0.15, -0.1) is 0 Å². The van der Waals surface area contributed by atoms with Gasteiger partial charge < -0.3 is 11.1 Å². The van der Waals surface area contributed by atoms with Gasteiger partial charge in [-0.05, 0) is 52.0 Å². The number of nitrogen functional groups attached to an aromatic ring is 1. The Kier molecular flexibility index (Phi) is 10.8. The molecule has 0 fully saturated rings. The molecule has 2 aromatic carbocycles. The quantitative estimate of drug-likeness (QED) is 0.203. The number of isocyanates is 1. The summed E-state index contributed by atoms with van der Waals surface area (Å²) in [6.45, 7) is 7.34. The summed E-state index contributed by atoms with van der Waals surface area (Å²) < 4.78 is 0. The van der Waals surface area contributed by atoms with Crippen molar-refractivity contribution in [2.75, 3.05) is 16.4 Å². The predicted octanol–water partition coefficient (Wildman–Crippen LogP) is 3.65. The molecule has 0 radical (unpaired) electrons. The van der Waals surface area contributed by atoms with E-state index in [0.717, 1.165) is 11.1 Å². The number of aromatic amines is 2. The van der Waals surface area contributed by atoms with E-state index >= 15 is 0 Å². The number of nitrogens with one attached hydrogen (secondary N) is 4. The minimum Gasteiger partial charge on any atom is -0.369 e. The van der Waals surface area contributed by atoms with Crippen LogP contribution in [-0.4, -0.2) is 32.0 Å². The van der Waals surface area contributed by atoms with Crippen molar-refractivity contribution in [1.29, 1.82) is 0 Å². The second kappa shape index (κ2) is 14.3. The van der Waals surface area contributed by atoms with Crippen molar-refractivity contribution in [2.24, 2.45) is 4.99 Å². The first-order chi connectivity index (χ1) is 18.0. The second-order valence-corrected chi connectivity index (χ2v) is 7.99. The molecule has 4 rings (SSSR count). The third-order valence-corrected chi connectivity index (χ3v) is 4.51.